The maximum atomic E-state index is 15.6. The van der Waals surface area contributed by atoms with E-state index in [0.29, 0.717) is 75.3 Å². The lowest BCUT2D eigenvalue weighted by Crippen LogP contribution is -2.67. The lowest BCUT2D eigenvalue weighted by atomic mass is 9.95. The lowest BCUT2D eigenvalue weighted by molar-refractivity contribution is 0.0512. The van der Waals surface area contributed by atoms with E-state index in [1.165, 1.54) is 10.4 Å². The van der Waals surface area contributed by atoms with E-state index in [4.69, 9.17) is 33.7 Å². The van der Waals surface area contributed by atoms with E-state index in [0.717, 1.165) is 84.4 Å². The number of hydrogen-bond donors (Lipinski definition) is 0. The first kappa shape index (κ1) is 48.7. The fourth-order valence-electron chi connectivity index (χ4n) is 12.1. The van der Waals surface area contributed by atoms with Crippen LogP contribution in [0.5, 0.6) is 11.8 Å². The molecule has 4 aliphatic rings. The largest absolute Gasteiger partial charge is 0.467 e. The molecule has 2 fully saturated rings. The molecule has 71 heavy (non-hydrogen) atoms. The van der Waals surface area contributed by atoms with Gasteiger partial charge in [0.05, 0.1) is 36.6 Å². The number of halogens is 1. The first-order chi connectivity index (χ1) is 34.3. The normalized spacial score (nSPS) is 19.4. The second kappa shape index (κ2) is 20.0. The van der Waals surface area contributed by atoms with Crippen molar-refractivity contribution in [2.45, 2.75) is 109 Å². The van der Waals surface area contributed by atoms with Crippen molar-refractivity contribution < 1.29 is 27.8 Å². The fraction of sp³-hybridized carbons (Fsp3) is 0.464. The Labute approximate surface area is 419 Å². The number of hydrogen-bond acceptors (Lipinski definition) is 11. The number of amides is 1. The molecule has 2 saturated heterocycles. The van der Waals surface area contributed by atoms with Crippen molar-refractivity contribution in [2.24, 2.45) is 0 Å². The summed E-state index contributed by atoms with van der Waals surface area (Å²) in [7, 11) is 2.38. The summed E-state index contributed by atoms with van der Waals surface area (Å²) in [5.41, 5.74) is 4.76. The van der Waals surface area contributed by atoms with Gasteiger partial charge in [-0.2, -0.15) is 15.1 Å². The Kier molecular flexibility index (Phi) is 13.7. The summed E-state index contributed by atoms with van der Waals surface area (Å²) >= 11 is 0. The van der Waals surface area contributed by atoms with Crippen LogP contribution in [0.15, 0.2) is 91.0 Å². The van der Waals surface area contributed by atoms with Gasteiger partial charge in [0.15, 0.2) is 12.5 Å². The minimum absolute atomic E-state index is 0.0971. The highest BCUT2D eigenvalue weighted by Crippen LogP contribution is 2.45. The molecule has 0 saturated carbocycles. The van der Waals surface area contributed by atoms with Crippen LogP contribution in [0.25, 0.3) is 10.8 Å². The fourth-order valence-corrected chi connectivity index (χ4v) is 16.7. The molecule has 10 rings (SSSR count). The first-order valence-corrected chi connectivity index (χ1v) is 27.4. The summed E-state index contributed by atoms with van der Waals surface area (Å²) in [6.07, 6.45) is 6.18. The Hall–Kier alpha value is -5.87. The zero-order valence-electron chi connectivity index (χ0n) is 42.5. The molecule has 6 heterocycles. The third kappa shape index (κ3) is 9.19. The summed E-state index contributed by atoms with van der Waals surface area (Å²) < 4.78 is 43.4. The Morgan fingerprint density at radius 2 is 1.63 bits per heavy atom. The highest BCUT2D eigenvalue weighted by Gasteiger charge is 2.54. The van der Waals surface area contributed by atoms with Crippen LogP contribution in [0.2, 0.25) is 5.04 Å². The molecule has 0 unspecified atom stereocenters. The molecule has 1 amide bonds. The molecule has 2 aromatic heterocycles. The number of rotatable bonds is 15. The van der Waals surface area contributed by atoms with Crippen LogP contribution in [0.3, 0.4) is 0 Å². The van der Waals surface area contributed by atoms with Crippen molar-refractivity contribution in [3.05, 3.63) is 125 Å². The summed E-state index contributed by atoms with van der Waals surface area (Å²) in [5.74, 6) is 1.17. The number of benzene rings is 4. The topological polar surface area (TPSA) is 111 Å². The summed E-state index contributed by atoms with van der Waals surface area (Å²) in [4.78, 5) is 32.6. The van der Waals surface area contributed by atoms with E-state index in [9.17, 15) is 4.79 Å². The number of ether oxygens (including phenoxy) is 3. The SMILES string of the molecule is CCc1c(F)ccc2cc(OCOC)cc(N3CCc4c(nc(OC[C@]56CCCN5[C@H](CO[Si](c5ccccc5)(c5ccccc5)C(C)(C)C)CC6)nc4N4CCCn5nc(C(=O)N(C)C)cc5C4)C3)c12. The number of anilines is 2. The molecular formula is C56H69FN8O5Si. The Balaban J connectivity index is 0.974. The average Bonchev–Trinajstić information content (AvgIpc) is 4.04. The molecule has 13 nitrogen and oxygen atoms in total. The molecule has 0 bridgehead atoms. The van der Waals surface area contributed by atoms with Gasteiger partial charge in [-0.3, -0.25) is 14.4 Å². The summed E-state index contributed by atoms with van der Waals surface area (Å²) in [6.45, 7) is 14.3. The zero-order chi connectivity index (χ0) is 49.5. The quantitative estimate of drug-likeness (QED) is 0.0735. The van der Waals surface area contributed by atoms with Crippen LogP contribution in [0.4, 0.5) is 15.9 Å². The van der Waals surface area contributed by atoms with Crippen LogP contribution in [0, 0.1) is 5.82 Å². The number of nitrogens with zero attached hydrogens (tertiary/aromatic N) is 8. The molecule has 0 radical (unpaired) electrons. The second-order valence-electron chi connectivity index (χ2n) is 21.1. The van der Waals surface area contributed by atoms with Crippen LogP contribution in [-0.2, 0) is 41.6 Å². The van der Waals surface area contributed by atoms with Crippen LogP contribution in [0.1, 0.15) is 92.8 Å². The number of carbonyl (C=O) groups is 1. The standard InChI is InChI=1S/C56H69FN8O5Si/c1-8-45-47(57)22-21-39-31-42(69-38-67-7)33-50(51(39)45)62-30-24-46-49(35-62)58-54(59-52(46)63-27-16-29-65-41(34-63)32-48(60-65)53(66)61(5)6)68-37-56-25-15-28-64(56)40(23-26-56)36-70-71(55(2,3)4,43-17-11-9-12-18-43)44-19-13-10-14-20-44/h9-14,17-22,31-33,40H,8,15-16,23-30,34-38H2,1-7H3/t40-,56+/m0/s1. The van der Waals surface area contributed by atoms with Crippen molar-refractivity contribution in [1.29, 1.82) is 0 Å². The Morgan fingerprint density at radius 1 is 0.873 bits per heavy atom. The van der Waals surface area contributed by atoms with Gasteiger partial charge in [-0.25, -0.2) is 4.39 Å². The van der Waals surface area contributed by atoms with Gasteiger partial charge in [-0.05, 0) is 96.1 Å². The molecule has 0 N–H and O–H groups in total. The second-order valence-corrected chi connectivity index (χ2v) is 25.4. The number of aryl methyl sites for hydroxylation is 2. The van der Waals surface area contributed by atoms with E-state index in [1.807, 2.05) is 35.9 Å². The number of aromatic nitrogens is 4. The number of methoxy groups -OCH3 is 1. The molecule has 4 aliphatic heterocycles. The highest BCUT2D eigenvalue weighted by molar-refractivity contribution is 6.99. The van der Waals surface area contributed by atoms with Gasteiger partial charge in [0.25, 0.3) is 14.2 Å². The van der Waals surface area contributed by atoms with E-state index in [-0.39, 0.29) is 35.1 Å². The van der Waals surface area contributed by atoms with Gasteiger partial charge in [-0.15, -0.1) is 0 Å². The maximum Gasteiger partial charge on any atom is 0.318 e. The van der Waals surface area contributed by atoms with E-state index >= 15 is 4.39 Å². The van der Waals surface area contributed by atoms with Gasteiger partial charge in [0.1, 0.15) is 24.0 Å². The van der Waals surface area contributed by atoms with Gasteiger partial charge in [0.2, 0.25) is 0 Å². The van der Waals surface area contributed by atoms with Crippen molar-refractivity contribution in [2.75, 3.05) is 70.6 Å². The molecule has 0 aliphatic carbocycles. The predicted molar refractivity (Wildman–Crippen MR) is 279 cm³/mol. The van der Waals surface area contributed by atoms with Crippen LogP contribution in [-0.4, -0.2) is 116 Å². The minimum Gasteiger partial charge on any atom is -0.467 e. The summed E-state index contributed by atoms with van der Waals surface area (Å²) in [6, 6.07) is 31.7. The molecule has 0 spiro atoms. The smallest absolute Gasteiger partial charge is 0.318 e. The Bertz CT molecular complexity index is 2840. The van der Waals surface area contributed by atoms with Gasteiger partial charge < -0.3 is 33.3 Å². The highest BCUT2D eigenvalue weighted by atomic mass is 28.4. The van der Waals surface area contributed by atoms with Crippen molar-refractivity contribution in [3.63, 3.8) is 0 Å². The van der Waals surface area contributed by atoms with E-state index in [1.54, 1.807) is 32.2 Å². The third-order valence-corrected chi connectivity index (χ3v) is 20.5. The monoisotopic (exact) mass is 981 g/mol. The number of fused-ring (bicyclic) bond motifs is 4. The maximum absolute atomic E-state index is 15.6. The van der Waals surface area contributed by atoms with Crippen molar-refractivity contribution >= 4 is 46.9 Å². The molecule has 4 aromatic carbocycles. The molecule has 6 aromatic rings. The average molecular weight is 981 g/mol. The minimum atomic E-state index is -2.73. The van der Waals surface area contributed by atoms with Gasteiger partial charge >= 0.3 is 6.01 Å². The van der Waals surface area contributed by atoms with Crippen molar-refractivity contribution in [3.8, 4) is 11.8 Å². The number of carbonyl (C=O) groups excluding carboxylic acids is 1. The van der Waals surface area contributed by atoms with Gasteiger partial charge in [-0.1, -0.05) is 94.4 Å². The van der Waals surface area contributed by atoms with Gasteiger partial charge in [0, 0.05) is 69.6 Å². The van der Waals surface area contributed by atoms with E-state index in [2.05, 4.69) is 96.1 Å². The predicted octanol–water partition coefficient (Wildman–Crippen LogP) is 8.14. The molecule has 2 atom stereocenters. The van der Waals surface area contributed by atoms with Crippen LogP contribution >= 0.6 is 0 Å². The third-order valence-electron chi connectivity index (χ3n) is 15.5. The molecule has 374 valence electrons. The van der Waals surface area contributed by atoms with E-state index < -0.39 is 8.32 Å². The zero-order valence-corrected chi connectivity index (χ0v) is 43.5. The van der Waals surface area contributed by atoms with Crippen molar-refractivity contribution in [1.82, 2.24) is 29.5 Å². The molecular weight excluding hydrogens is 912 g/mol. The summed E-state index contributed by atoms with van der Waals surface area (Å²) in [5, 5.41) is 9.00. The molecule has 15 heteroatoms. The first-order valence-electron chi connectivity index (χ1n) is 25.5. The van der Waals surface area contributed by atoms with Crippen LogP contribution < -0.4 is 29.6 Å². The Morgan fingerprint density at radius 3 is 2.34 bits per heavy atom. The lowest BCUT2D eigenvalue weighted by Gasteiger charge is -2.44.